The molecule has 1 heterocycles. The number of hydrogen-bond acceptors (Lipinski definition) is 4. The van der Waals surface area contributed by atoms with Gasteiger partial charge >= 0.3 is 0 Å². The highest BCUT2D eigenvalue weighted by molar-refractivity contribution is 6.35. The van der Waals surface area contributed by atoms with E-state index in [1.165, 1.54) is 6.20 Å². The smallest absolute Gasteiger partial charge is 0.238 e. The lowest BCUT2D eigenvalue weighted by atomic mass is 10.2. The van der Waals surface area contributed by atoms with Gasteiger partial charge in [-0.25, -0.2) is 4.98 Å². The molecule has 2 rings (SSSR count). The fourth-order valence-electron chi connectivity index (χ4n) is 1.46. The van der Waals surface area contributed by atoms with E-state index in [1.807, 2.05) is 0 Å². The molecule has 5 nitrogen and oxygen atoms in total. The van der Waals surface area contributed by atoms with Crippen molar-refractivity contribution in [3.05, 3.63) is 47.1 Å². The van der Waals surface area contributed by atoms with Gasteiger partial charge in [0.25, 0.3) is 0 Å². The number of methoxy groups -OCH3 is 1. The van der Waals surface area contributed by atoms with Crippen LogP contribution in [0.1, 0.15) is 5.56 Å². The minimum absolute atomic E-state index is 0.132. The minimum Gasteiger partial charge on any atom is -0.497 e. The molecule has 0 fully saturated rings. The second-order valence-electron chi connectivity index (χ2n) is 3.67. The fourth-order valence-corrected chi connectivity index (χ4v) is 1.71. The summed E-state index contributed by atoms with van der Waals surface area (Å²) in [7, 11) is 1.59. The van der Waals surface area contributed by atoms with Crippen LogP contribution < -0.4 is 15.2 Å². The fraction of sp³-hybridized carbons (Fsp3) is 0.0769. The Bertz CT molecular complexity index is 599. The SMILES string of the molecule is COc1ccc(Oc2nccc(C(=N)N)c2Cl)cc1. The number of nitrogens with two attached hydrogens (primary N) is 1. The van der Waals surface area contributed by atoms with Crippen molar-refractivity contribution in [3.63, 3.8) is 0 Å². The molecule has 2 aromatic rings. The Morgan fingerprint density at radius 3 is 2.42 bits per heavy atom. The third-order valence-electron chi connectivity index (χ3n) is 2.42. The highest BCUT2D eigenvalue weighted by atomic mass is 35.5. The number of pyridine rings is 1. The molecule has 0 aliphatic carbocycles. The van der Waals surface area contributed by atoms with Gasteiger partial charge in [0, 0.05) is 11.8 Å². The van der Waals surface area contributed by atoms with Crippen LogP contribution in [-0.4, -0.2) is 17.9 Å². The molecule has 1 aromatic heterocycles. The molecule has 0 aliphatic heterocycles. The van der Waals surface area contributed by atoms with Crippen LogP contribution in [0.25, 0.3) is 0 Å². The maximum Gasteiger partial charge on any atom is 0.238 e. The number of amidine groups is 1. The molecule has 0 bridgehead atoms. The third-order valence-corrected chi connectivity index (χ3v) is 2.79. The normalized spacial score (nSPS) is 10.0. The summed E-state index contributed by atoms with van der Waals surface area (Å²) in [4.78, 5) is 4.02. The van der Waals surface area contributed by atoms with E-state index in [0.717, 1.165) is 5.75 Å². The van der Waals surface area contributed by atoms with Crippen molar-refractivity contribution in [1.29, 1.82) is 5.41 Å². The van der Waals surface area contributed by atoms with Gasteiger partial charge in [-0.05, 0) is 30.3 Å². The molecule has 0 atom stereocenters. The zero-order valence-electron chi connectivity index (χ0n) is 10.2. The first-order valence-electron chi connectivity index (χ1n) is 5.42. The van der Waals surface area contributed by atoms with Gasteiger partial charge in [-0.15, -0.1) is 0 Å². The van der Waals surface area contributed by atoms with E-state index in [1.54, 1.807) is 37.4 Å². The second kappa shape index (κ2) is 5.58. The van der Waals surface area contributed by atoms with Crippen LogP contribution in [0, 0.1) is 5.41 Å². The molecule has 0 aliphatic rings. The molecule has 3 N–H and O–H groups in total. The Morgan fingerprint density at radius 1 is 1.21 bits per heavy atom. The van der Waals surface area contributed by atoms with Gasteiger partial charge in [0.15, 0.2) is 0 Å². The van der Waals surface area contributed by atoms with Crippen LogP contribution in [0.15, 0.2) is 36.5 Å². The number of rotatable bonds is 4. The first kappa shape index (κ1) is 13.2. The number of halogens is 1. The topological polar surface area (TPSA) is 81.2 Å². The summed E-state index contributed by atoms with van der Waals surface area (Å²) in [5, 5.41) is 7.61. The van der Waals surface area contributed by atoms with Crippen LogP contribution in [0.4, 0.5) is 0 Å². The lowest BCUT2D eigenvalue weighted by Crippen LogP contribution is -2.12. The van der Waals surface area contributed by atoms with Crippen LogP contribution >= 0.6 is 11.6 Å². The van der Waals surface area contributed by atoms with Crippen molar-refractivity contribution in [2.45, 2.75) is 0 Å². The summed E-state index contributed by atoms with van der Waals surface area (Å²) in [6, 6.07) is 8.55. The van der Waals surface area contributed by atoms with Gasteiger partial charge < -0.3 is 15.2 Å². The lowest BCUT2D eigenvalue weighted by molar-refractivity contribution is 0.412. The van der Waals surface area contributed by atoms with Gasteiger partial charge in [0.05, 0.1) is 7.11 Å². The van der Waals surface area contributed by atoms with Crippen LogP contribution in [0.2, 0.25) is 5.02 Å². The van der Waals surface area contributed by atoms with Crippen LogP contribution in [-0.2, 0) is 0 Å². The van der Waals surface area contributed by atoms with Crippen molar-refractivity contribution >= 4 is 17.4 Å². The highest BCUT2D eigenvalue weighted by Crippen LogP contribution is 2.30. The van der Waals surface area contributed by atoms with E-state index in [2.05, 4.69) is 4.98 Å². The zero-order chi connectivity index (χ0) is 13.8. The number of ether oxygens (including phenoxy) is 2. The largest absolute Gasteiger partial charge is 0.497 e. The van der Waals surface area contributed by atoms with E-state index in [4.69, 9.17) is 32.2 Å². The predicted octanol–water partition coefficient (Wildman–Crippen LogP) is 2.82. The molecule has 0 radical (unpaired) electrons. The monoisotopic (exact) mass is 277 g/mol. The van der Waals surface area contributed by atoms with E-state index in [9.17, 15) is 0 Å². The number of nitrogens with one attached hydrogen (secondary N) is 1. The van der Waals surface area contributed by atoms with E-state index in [0.29, 0.717) is 11.3 Å². The third kappa shape index (κ3) is 2.95. The Kier molecular flexibility index (Phi) is 3.87. The van der Waals surface area contributed by atoms with Crippen LogP contribution in [0.3, 0.4) is 0 Å². The quantitative estimate of drug-likeness (QED) is 0.665. The Hall–Kier alpha value is -2.27. The van der Waals surface area contributed by atoms with Crippen LogP contribution in [0.5, 0.6) is 17.4 Å². The summed E-state index contributed by atoms with van der Waals surface area (Å²) in [5.41, 5.74) is 5.80. The number of hydrogen-bond donors (Lipinski definition) is 2. The van der Waals surface area contributed by atoms with E-state index < -0.39 is 0 Å². The van der Waals surface area contributed by atoms with Crippen molar-refractivity contribution in [2.24, 2.45) is 5.73 Å². The molecule has 1 aromatic carbocycles. The number of aromatic nitrogens is 1. The average molecular weight is 278 g/mol. The maximum atomic E-state index is 7.40. The number of nitrogens with zero attached hydrogens (tertiary/aromatic N) is 1. The predicted molar refractivity (Wildman–Crippen MR) is 73.3 cm³/mol. The standard InChI is InChI=1S/C13H12ClN3O2/c1-18-8-2-4-9(5-3-8)19-13-11(14)10(12(15)16)6-7-17-13/h2-7H,1H3,(H3,15,16). The van der Waals surface area contributed by atoms with Crippen molar-refractivity contribution in [1.82, 2.24) is 4.98 Å². The molecule has 0 saturated heterocycles. The van der Waals surface area contributed by atoms with Crippen molar-refractivity contribution in [2.75, 3.05) is 7.11 Å². The summed E-state index contributed by atoms with van der Waals surface area (Å²) in [6.45, 7) is 0. The van der Waals surface area contributed by atoms with E-state index >= 15 is 0 Å². The molecule has 0 spiro atoms. The van der Waals surface area contributed by atoms with Gasteiger partial charge in [-0.3, -0.25) is 5.41 Å². The highest BCUT2D eigenvalue weighted by Gasteiger charge is 2.11. The summed E-state index contributed by atoms with van der Waals surface area (Å²) < 4.78 is 10.6. The van der Waals surface area contributed by atoms with Crippen molar-refractivity contribution in [3.8, 4) is 17.4 Å². The molecule has 0 saturated carbocycles. The molecular weight excluding hydrogens is 266 g/mol. The first-order valence-corrected chi connectivity index (χ1v) is 5.80. The number of benzene rings is 1. The Labute approximate surface area is 115 Å². The molecule has 98 valence electrons. The molecule has 0 unspecified atom stereocenters. The Balaban J connectivity index is 2.27. The summed E-state index contributed by atoms with van der Waals surface area (Å²) in [6.07, 6.45) is 1.49. The van der Waals surface area contributed by atoms with Gasteiger partial charge in [-0.2, -0.15) is 0 Å². The minimum atomic E-state index is -0.132. The summed E-state index contributed by atoms with van der Waals surface area (Å²) in [5.74, 6) is 1.37. The lowest BCUT2D eigenvalue weighted by Gasteiger charge is -2.09. The Morgan fingerprint density at radius 2 is 1.84 bits per heavy atom. The molecular formula is C13H12ClN3O2. The number of nitrogen functional groups attached to an aromatic ring is 1. The second-order valence-corrected chi connectivity index (χ2v) is 4.05. The average Bonchev–Trinajstić information content (AvgIpc) is 2.41. The zero-order valence-corrected chi connectivity index (χ0v) is 10.9. The van der Waals surface area contributed by atoms with Gasteiger partial charge in [0.1, 0.15) is 22.4 Å². The van der Waals surface area contributed by atoms with Gasteiger partial charge in [-0.1, -0.05) is 11.6 Å². The van der Waals surface area contributed by atoms with Crippen molar-refractivity contribution < 1.29 is 9.47 Å². The van der Waals surface area contributed by atoms with Gasteiger partial charge in [0.2, 0.25) is 5.88 Å². The maximum absolute atomic E-state index is 7.40. The molecule has 0 amide bonds. The molecule has 19 heavy (non-hydrogen) atoms. The first-order chi connectivity index (χ1) is 9.11. The molecule has 6 heteroatoms. The van der Waals surface area contributed by atoms with E-state index in [-0.39, 0.29) is 16.7 Å². The summed E-state index contributed by atoms with van der Waals surface area (Å²) >= 11 is 6.08.